The molecule has 162 valence electrons. The summed E-state index contributed by atoms with van der Waals surface area (Å²) in [7, 11) is 10.4. The van der Waals surface area contributed by atoms with Crippen molar-refractivity contribution in [2.24, 2.45) is 18.0 Å². The van der Waals surface area contributed by atoms with Crippen LogP contribution < -0.4 is 5.32 Å². The second-order valence-electron chi connectivity index (χ2n) is 8.95. The Morgan fingerprint density at radius 3 is 2.61 bits per heavy atom. The zero-order chi connectivity index (χ0) is 20.2. The Kier molecular flexibility index (Phi) is 9.73. The molecule has 7 heteroatoms. The third-order valence-electron chi connectivity index (χ3n) is 6.06. The second-order valence-corrected chi connectivity index (χ2v) is 8.95. The van der Waals surface area contributed by atoms with Crippen molar-refractivity contribution in [1.82, 2.24) is 24.9 Å². The Labute approximate surface area is 189 Å². The fraction of sp³-hybridized carbons (Fsp3) is 0.810. The fourth-order valence-electron chi connectivity index (χ4n) is 4.48. The summed E-state index contributed by atoms with van der Waals surface area (Å²) in [5.74, 6) is 2.16. The first-order chi connectivity index (χ1) is 12.7. The third-order valence-corrected chi connectivity index (χ3v) is 6.06. The Bertz CT molecular complexity index is 639. The van der Waals surface area contributed by atoms with Crippen LogP contribution in [0, 0.1) is 5.92 Å². The predicted molar refractivity (Wildman–Crippen MR) is 130 cm³/mol. The molecule has 0 bridgehead atoms. The number of likely N-dealkylation sites (N-methyl/N-ethyl adjacent to an activating group) is 1. The summed E-state index contributed by atoms with van der Waals surface area (Å²) in [6.07, 6.45) is 7.28. The van der Waals surface area contributed by atoms with Crippen molar-refractivity contribution in [1.29, 1.82) is 0 Å². The summed E-state index contributed by atoms with van der Waals surface area (Å²) < 4.78 is 1.92. The first-order valence-electron chi connectivity index (χ1n) is 10.3. The van der Waals surface area contributed by atoms with E-state index in [1.54, 1.807) is 0 Å². The van der Waals surface area contributed by atoms with E-state index in [9.17, 15) is 0 Å². The second kappa shape index (κ2) is 10.8. The van der Waals surface area contributed by atoms with Crippen LogP contribution in [0.15, 0.2) is 11.2 Å². The minimum atomic E-state index is 0. The minimum Gasteiger partial charge on any atom is -0.354 e. The molecule has 2 unspecified atom stereocenters. The molecule has 2 atom stereocenters. The molecule has 1 saturated carbocycles. The van der Waals surface area contributed by atoms with E-state index in [1.807, 2.05) is 18.8 Å². The van der Waals surface area contributed by atoms with Crippen LogP contribution in [0.1, 0.15) is 63.6 Å². The highest BCUT2D eigenvalue weighted by Gasteiger charge is 2.37. The molecule has 1 N–H and O–H groups in total. The van der Waals surface area contributed by atoms with Gasteiger partial charge in [-0.05, 0) is 38.8 Å². The number of nitrogens with zero attached hydrogens (tertiary/aromatic N) is 5. The zero-order valence-corrected chi connectivity index (χ0v) is 21.4. The number of hydrogen-bond donors (Lipinski definition) is 1. The molecule has 0 aromatic carbocycles. The van der Waals surface area contributed by atoms with Gasteiger partial charge in [0.1, 0.15) is 0 Å². The Balaban J connectivity index is 0.00000392. The number of aromatic nitrogens is 2. The lowest BCUT2D eigenvalue weighted by Crippen LogP contribution is -2.56. The van der Waals surface area contributed by atoms with Crippen LogP contribution >= 0.6 is 24.0 Å². The van der Waals surface area contributed by atoms with Gasteiger partial charge >= 0.3 is 0 Å². The molecule has 1 aromatic rings. The van der Waals surface area contributed by atoms with E-state index < -0.39 is 0 Å². The van der Waals surface area contributed by atoms with Crippen LogP contribution in [0.5, 0.6) is 0 Å². The van der Waals surface area contributed by atoms with E-state index >= 15 is 0 Å². The molecular weight excluding hydrogens is 463 g/mol. The largest absolute Gasteiger partial charge is 0.354 e. The Morgan fingerprint density at radius 1 is 1.39 bits per heavy atom. The van der Waals surface area contributed by atoms with Crippen molar-refractivity contribution >= 4 is 29.9 Å². The lowest BCUT2D eigenvalue weighted by molar-refractivity contribution is 0.0790. The molecule has 1 aromatic heterocycles. The predicted octanol–water partition coefficient (Wildman–Crippen LogP) is 3.68. The summed E-state index contributed by atoms with van der Waals surface area (Å²) in [5.41, 5.74) is 2.66. The number of halogens is 1. The van der Waals surface area contributed by atoms with Gasteiger partial charge in [0.15, 0.2) is 5.96 Å². The maximum atomic E-state index is 4.63. The summed E-state index contributed by atoms with van der Waals surface area (Å²) >= 11 is 0. The maximum absolute atomic E-state index is 4.63. The number of aryl methyl sites for hydroxylation is 1. The van der Waals surface area contributed by atoms with E-state index in [2.05, 4.69) is 73.3 Å². The van der Waals surface area contributed by atoms with E-state index in [0.29, 0.717) is 5.92 Å². The van der Waals surface area contributed by atoms with Crippen LogP contribution in [0.3, 0.4) is 0 Å². The van der Waals surface area contributed by atoms with Crippen molar-refractivity contribution in [2.45, 2.75) is 64.5 Å². The molecule has 6 nitrogen and oxygen atoms in total. The Hall–Kier alpha value is -0.830. The fourth-order valence-corrected chi connectivity index (χ4v) is 4.48. The topological polar surface area (TPSA) is 48.7 Å². The normalized spacial score (nSPS) is 23.1. The number of nitrogens with one attached hydrogen (secondary N) is 1. The Morgan fingerprint density at radius 2 is 2.07 bits per heavy atom. The summed E-state index contributed by atoms with van der Waals surface area (Å²) in [4.78, 5) is 9.17. The van der Waals surface area contributed by atoms with Gasteiger partial charge in [-0.2, -0.15) is 5.10 Å². The van der Waals surface area contributed by atoms with Crippen LogP contribution in [-0.2, 0) is 13.6 Å². The number of hydrogen-bond acceptors (Lipinski definition) is 3. The third kappa shape index (κ3) is 6.08. The molecule has 0 aliphatic heterocycles. The van der Waals surface area contributed by atoms with Crippen molar-refractivity contribution in [3.8, 4) is 0 Å². The van der Waals surface area contributed by atoms with Gasteiger partial charge in [-0.15, -0.1) is 24.0 Å². The standard InChI is InChI=1S/C21H40N6.HI/c1-16(2)19-18(14-27(8)24-19)13-26(7)20(22-4)23-15-21(25(5)6)11-9-10-17(3)12-21;/h14,16-17H,9-13,15H2,1-8H3,(H,22,23);1H. The molecule has 28 heavy (non-hydrogen) atoms. The molecule has 0 radical (unpaired) electrons. The quantitative estimate of drug-likeness (QED) is 0.365. The van der Waals surface area contributed by atoms with E-state index in [0.717, 1.165) is 25.0 Å². The first-order valence-corrected chi connectivity index (χ1v) is 10.3. The van der Waals surface area contributed by atoms with Crippen molar-refractivity contribution in [2.75, 3.05) is 34.7 Å². The van der Waals surface area contributed by atoms with Crippen LogP contribution in [0.4, 0.5) is 0 Å². The lowest BCUT2D eigenvalue weighted by Gasteiger charge is -2.45. The maximum Gasteiger partial charge on any atom is 0.193 e. The highest BCUT2D eigenvalue weighted by molar-refractivity contribution is 14.0. The van der Waals surface area contributed by atoms with E-state index in [1.165, 1.54) is 36.9 Å². The average molecular weight is 505 g/mol. The van der Waals surface area contributed by atoms with Gasteiger partial charge in [-0.25, -0.2) is 0 Å². The van der Waals surface area contributed by atoms with E-state index in [4.69, 9.17) is 0 Å². The highest BCUT2D eigenvalue weighted by Crippen LogP contribution is 2.35. The number of rotatable bonds is 6. The van der Waals surface area contributed by atoms with Gasteiger partial charge < -0.3 is 15.1 Å². The minimum absolute atomic E-state index is 0. The van der Waals surface area contributed by atoms with Crippen molar-refractivity contribution < 1.29 is 0 Å². The number of aliphatic imine (C=N–C) groups is 1. The molecule has 1 aliphatic carbocycles. The summed E-state index contributed by atoms with van der Waals surface area (Å²) in [5, 5.41) is 8.30. The van der Waals surface area contributed by atoms with Crippen LogP contribution in [0.25, 0.3) is 0 Å². The molecule has 2 rings (SSSR count). The molecule has 1 aliphatic rings. The van der Waals surface area contributed by atoms with Crippen LogP contribution in [-0.4, -0.2) is 65.8 Å². The van der Waals surface area contributed by atoms with Gasteiger partial charge in [0.05, 0.1) is 5.69 Å². The summed E-state index contributed by atoms with van der Waals surface area (Å²) in [6.45, 7) is 8.53. The molecule has 0 spiro atoms. The van der Waals surface area contributed by atoms with Crippen molar-refractivity contribution in [3.05, 3.63) is 17.5 Å². The van der Waals surface area contributed by atoms with Gasteiger partial charge in [-0.3, -0.25) is 9.67 Å². The molecule has 1 heterocycles. The van der Waals surface area contributed by atoms with E-state index in [-0.39, 0.29) is 29.5 Å². The smallest absolute Gasteiger partial charge is 0.193 e. The number of guanidine groups is 1. The zero-order valence-electron chi connectivity index (χ0n) is 19.1. The van der Waals surface area contributed by atoms with Gasteiger partial charge in [0, 0.05) is 51.5 Å². The molecule has 1 fully saturated rings. The summed E-state index contributed by atoms with van der Waals surface area (Å²) in [6, 6.07) is 0. The monoisotopic (exact) mass is 504 g/mol. The van der Waals surface area contributed by atoms with Gasteiger partial charge in [0.2, 0.25) is 0 Å². The van der Waals surface area contributed by atoms with Gasteiger partial charge in [-0.1, -0.05) is 33.6 Å². The lowest BCUT2D eigenvalue weighted by atomic mass is 9.75. The molecule has 0 amide bonds. The highest BCUT2D eigenvalue weighted by atomic mass is 127. The van der Waals surface area contributed by atoms with Crippen molar-refractivity contribution in [3.63, 3.8) is 0 Å². The average Bonchev–Trinajstić information content (AvgIpc) is 2.96. The molecular formula is C21H41IN6. The first kappa shape index (κ1) is 25.2. The SMILES string of the molecule is CN=C(NCC1(N(C)C)CCCC(C)C1)N(C)Cc1cn(C)nc1C(C)C.I. The van der Waals surface area contributed by atoms with Gasteiger partial charge in [0.25, 0.3) is 0 Å². The molecule has 0 saturated heterocycles. The van der Waals surface area contributed by atoms with Crippen LogP contribution in [0.2, 0.25) is 0 Å².